The van der Waals surface area contributed by atoms with E-state index >= 15 is 0 Å². The largest absolute Gasteiger partial charge is 0.434 e. The average molecular weight is 252 g/mol. The Balaban J connectivity index is 1.92. The summed E-state index contributed by atoms with van der Waals surface area (Å²) in [5.74, 6) is 0.214. The highest BCUT2D eigenvalue weighted by atomic mass is 19.3. The molecule has 0 amide bonds. The summed E-state index contributed by atoms with van der Waals surface area (Å²) in [7, 11) is 0. The summed E-state index contributed by atoms with van der Waals surface area (Å²) in [6.07, 6.45) is 1.84. The van der Waals surface area contributed by atoms with E-state index in [9.17, 15) is 8.78 Å². The number of nitrogens with one attached hydrogen (secondary N) is 2. The van der Waals surface area contributed by atoms with Crippen molar-refractivity contribution in [2.45, 2.75) is 19.7 Å². The Labute approximate surface area is 104 Å². The fourth-order valence-corrected chi connectivity index (χ4v) is 1.67. The SMILES string of the molecule is FC(F)Oc1ccccc1CNCc1ccc[nH]1. The summed E-state index contributed by atoms with van der Waals surface area (Å²) >= 11 is 0. The second-order valence-corrected chi connectivity index (χ2v) is 3.79. The van der Waals surface area contributed by atoms with Gasteiger partial charge in [-0.1, -0.05) is 18.2 Å². The fourth-order valence-electron chi connectivity index (χ4n) is 1.67. The normalized spacial score (nSPS) is 10.8. The van der Waals surface area contributed by atoms with Crippen molar-refractivity contribution in [2.24, 2.45) is 0 Å². The molecule has 0 saturated heterocycles. The smallest absolute Gasteiger partial charge is 0.387 e. The van der Waals surface area contributed by atoms with Gasteiger partial charge in [0.15, 0.2) is 0 Å². The van der Waals surface area contributed by atoms with Gasteiger partial charge in [0.25, 0.3) is 0 Å². The number of aromatic amines is 1. The van der Waals surface area contributed by atoms with E-state index < -0.39 is 6.61 Å². The highest BCUT2D eigenvalue weighted by molar-refractivity contribution is 5.33. The number of hydrogen-bond acceptors (Lipinski definition) is 2. The lowest BCUT2D eigenvalue weighted by Gasteiger charge is -2.10. The molecule has 3 nitrogen and oxygen atoms in total. The minimum atomic E-state index is -2.80. The van der Waals surface area contributed by atoms with E-state index in [4.69, 9.17) is 0 Å². The number of para-hydroxylation sites is 1. The zero-order valence-corrected chi connectivity index (χ0v) is 9.70. The van der Waals surface area contributed by atoms with Crippen LogP contribution >= 0.6 is 0 Å². The van der Waals surface area contributed by atoms with Gasteiger partial charge >= 0.3 is 6.61 Å². The first-order valence-corrected chi connectivity index (χ1v) is 5.61. The molecule has 18 heavy (non-hydrogen) atoms. The first-order valence-electron chi connectivity index (χ1n) is 5.61. The highest BCUT2D eigenvalue weighted by Crippen LogP contribution is 2.19. The van der Waals surface area contributed by atoms with Crippen molar-refractivity contribution in [2.75, 3.05) is 0 Å². The molecule has 0 spiro atoms. The molecule has 5 heteroatoms. The molecule has 1 aromatic heterocycles. The van der Waals surface area contributed by atoms with E-state index in [1.54, 1.807) is 18.2 Å². The van der Waals surface area contributed by atoms with E-state index in [0.717, 1.165) is 5.69 Å². The van der Waals surface area contributed by atoms with Crippen LogP contribution < -0.4 is 10.1 Å². The molecule has 0 bridgehead atoms. The minimum absolute atomic E-state index is 0.214. The van der Waals surface area contributed by atoms with Crippen LogP contribution in [-0.2, 0) is 13.1 Å². The third-order valence-corrected chi connectivity index (χ3v) is 2.48. The second-order valence-electron chi connectivity index (χ2n) is 3.79. The monoisotopic (exact) mass is 252 g/mol. The molecule has 2 aromatic rings. The van der Waals surface area contributed by atoms with E-state index in [2.05, 4.69) is 15.0 Å². The molecule has 1 heterocycles. The first-order chi connectivity index (χ1) is 8.75. The fraction of sp³-hybridized carbons (Fsp3) is 0.231. The number of ether oxygens (including phenoxy) is 1. The lowest BCUT2D eigenvalue weighted by Crippen LogP contribution is -2.14. The molecule has 0 aliphatic carbocycles. The predicted octanol–water partition coefficient (Wildman–Crippen LogP) is 2.91. The first kappa shape index (κ1) is 12.6. The van der Waals surface area contributed by atoms with Crippen LogP contribution in [0.15, 0.2) is 42.6 Å². The van der Waals surface area contributed by atoms with E-state index in [0.29, 0.717) is 18.7 Å². The van der Waals surface area contributed by atoms with Gasteiger partial charge in [-0.2, -0.15) is 8.78 Å². The number of benzene rings is 1. The van der Waals surface area contributed by atoms with Gasteiger partial charge in [0.1, 0.15) is 5.75 Å². The quantitative estimate of drug-likeness (QED) is 0.829. The average Bonchev–Trinajstić information content (AvgIpc) is 2.84. The standard InChI is InChI=1S/C13H14F2N2O/c14-13(15)18-12-6-2-1-4-10(12)8-16-9-11-5-3-7-17-11/h1-7,13,16-17H,8-9H2. The van der Waals surface area contributed by atoms with Crippen molar-refractivity contribution in [1.29, 1.82) is 0 Å². The van der Waals surface area contributed by atoms with E-state index in [1.165, 1.54) is 6.07 Å². The predicted molar refractivity (Wildman–Crippen MR) is 64.4 cm³/mol. The van der Waals surface area contributed by atoms with Crippen LogP contribution in [0.5, 0.6) is 5.75 Å². The second kappa shape index (κ2) is 6.16. The highest BCUT2D eigenvalue weighted by Gasteiger charge is 2.08. The molecule has 0 fully saturated rings. The van der Waals surface area contributed by atoms with Crippen LogP contribution in [-0.4, -0.2) is 11.6 Å². The lowest BCUT2D eigenvalue weighted by molar-refractivity contribution is -0.0505. The van der Waals surface area contributed by atoms with E-state index in [-0.39, 0.29) is 5.75 Å². The Hall–Kier alpha value is -1.88. The summed E-state index contributed by atoms with van der Waals surface area (Å²) in [4.78, 5) is 3.06. The molecule has 0 atom stereocenters. The van der Waals surface area contributed by atoms with Crippen LogP contribution in [0.2, 0.25) is 0 Å². The molecule has 2 rings (SSSR count). The number of aromatic nitrogens is 1. The zero-order valence-electron chi connectivity index (χ0n) is 9.70. The van der Waals surface area contributed by atoms with Crippen LogP contribution in [0.4, 0.5) is 8.78 Å². The topological polar surface area (TPSA) is 37.0 Å². The van der Waals surface area contributed by atoms with Crippen LogP contribution in [0.1, 0.15) is 11.3 Å². The van der Waals surface area contributed by atoms with Gasteiger partial charge in [0.2, 0.25) is 0 Å². The molecular weight excluding hydrogens is 238 g/mol. The van der Waals surface area contributed by atoms with Crippen molar-refractivity contribution < 1.29 is 13.5 Å². The van der Waals surface area contributed by atoms with Gasteiger partial charge in [-0.25, -0.2) is 0 Å². The summed E-state index contributed by atoms with van der Waals surface area (Å²) in [6, 6.07) is 10.6. The number of alkyl halides is 2. The Morgan fingerprint density at radius 3 is 2.67 bits per heavy atom. The number of rotatable bonds is 6. The molecule has 0 saturated carbocycles. The Bertz CT molecular complexity index is 472. The summed E-state index contributed by atoms with van der Waals surface area (Å²) in [5, 5.41) is 3.16. The van der Waals surface area contributed by atoms with Crippen molar-refractivity contribution in [3.8, 4) is 5.75 Å². The van der Waals surface area contributed by atoms with Gasteiger partial charge in [-0.15, -0.1) is 0 Å². The molecule has 96 valence electrons. The third-order valence-electron chi connectivity index (χ3n) is 2.48. The molecule has 0 radical (unpaired) electrons. The van der Waals surface area contributed by atoms with Crippen molar-refractivity contribution >= 4 is 0 Å². The van der Waals surface area contributed by atoms with Crippen LogP contribution in [0.25, 0.3) is 0 Å². The third kappa shape index (κ3) is 3.56. The van der Waals surface area contributed by atoms with Gasteiger partial charge in [-0.3, -0.25) is 0 Å². The van der Waals surface area contributed by atoms with Crippen LogP contribution in [0.3, 0.4) is 0 Å². The maximum absolute atomic E-state index is 12.2. The van der Waals surface area contributed by atoms with Gasteiger partial charge in [0, 0.05) is 30.5 Å². The number of H-pyrrole nitrogens is 1. The van der Waals surface area contributed by atoms with Gasteiger partial charge < -0.3 is 15.0 Å². The van der Waals surface area contributed by atoms with Gasteiger partial charge in [-0.05, 0) is 18.2 Å². The van der Waals surface area contributed by atoms with E-state index in [1.807, 2.05) is 18.3 Å². The summed E-state index contributed by atoms with van der Waals surface area (Å²) < 4.78 is 28.8. The van der Waals surface area contributed by atoms with Gasteiger partial charge in [0.05, 0.1) is 0 Å². The number of halogens is 2. The maximum atomic E-state index is 12.2. The van der Waals surface area contributed by atoms with Crippen LogP contribution in [0, 0.1) is 0 Å². The minimum Gasteiger partial charge on any atom is -0.434 e. The molecule has 0 aliphatic rings. The lowest BCUT2D eigenvalue weighted by atomic mass is 10.2. The molecule has 1 aromatic carbocycles. The molecule has 0 unspecified atom stereocenters. The zero-order chi connectivity index (χ0) is 12.8. The Morgan fingerprint density at radius 1 is 1.11 bits per heavy atom. The van der Waals surface area contributed by atoms with Crippen molar-refractivity contribution in [3.63, 3.8) is 0 Å². The summed E-state index contributed by atoms with van der Waals surface area (Å²) in [6.45, 7) is -1.67. The molecule has 0 aliphatic heterocycles. The Morgan fingerprint density at radius 2 is 1.94 bits per heavy atom. The number of hydrogen-bond donors (Lipinski definition) is 2. The van der Waals surface area contributed by atoms with Crippen molar-refractivity contribution in [3.05, 3.63) is 53.9 Å². The molecular formula is C13H14F2N2O. The maximum Gasteiger partial charge on any atom is 0.387 e. The van der Waals surface area contributed by atoms with Crippen molar-refractivity contribution in [1.82, 2.24) is 10.3 Å². The summed E-state index contributed by atoms with van der Waals surface area (Å²) in [5.41, 5.74) is 1.76. The molecule has 2 N–H and O–H groups in total. The Kier molecular flexibility index (Phi) is 4.30.